The molecule has 0 aliphatic rings. The Kier molecular flexibility index (Phi) is 6.15. The second-order valence-corrected chi connectivity index (χ2v) is 5.07. The van der Waals surface area contributed by atoms with Gasteiger partial charge < -0.3 is 15.4 Å². The lowest BCUT2D eigenvalue weighted by molar-refractivity contribution is -0.127. The summed E-state index contributed by atoms with van der Waals surface area (Å²) in [6, 6.07) is 7.68. The summed E-state index contributed by atoms with van der Waals surface area (Å²) in [5.74, 6) is 0.561. The maximum atomic E-state index is 11.8. The van der Waals surface area contributed by atoms with Gasteiger partial charge in [0, 0.05) is 17.1 Å². The molecule has 100 valence electrons. The Morgan fingerprint density at radius 3 is 2.78 bits per heavy atom. The van der Waals surface area contributed by atoms with Gasteiger partial charge in [-0.15, -0.1) is 0 Å². The minimum Gasteiger partial charge on any atom is -0.481 e. The highest BCUT2D eigenvalue weighted by Crippen LogP contribution is 2.18. The van der Waals surface area contributed by atoms with Crippen LogP contribution in [0.15, 0.2) is 28.7 Å². The molecule has 0 spiro atoms. The normalized spacial score (nSPS) is 13.8. The number of hydrogen-bond donors (Lipinski definition) is 2. The van der Waals surface area contributed by atoms with Crippen LogP contribution in [0.3, 0.4) is 0 Å². The Bertz CT molecular complexity index is 398. The molecule has 0 saturated heterocycles. The lowest BCUT2D eigenvalue weighted by Gasteiger charge is -2.17. The van der Waals surface area contributed by atoms with Crippen LogP contribution in [-0.4, -0.2) is 31.6 Å². The summed E-state index contributed by atoms with van der Waals surface area (Å²) in [7, 11) is 1.86. The van der Waals surface area contributed by atoms with Gasteiger partial charge in [0.2, 0.25) is 0 Å². The Labute approximate surface area is 116 Å². The fourth-order valence-corrected chi connectivity index (χ4v) is 1.68. The Morgan fingerprint density at radius 1 is 1.44 bits per heavy atom. The monoisotopic (exact) mass is 314 g/mol. The Balaban J connectivity index is 2.45. The molecule has 1 aromatic rings. The van der Waals surface area contributed by atoms with Gasteiger partial charge in [-0.3, -0.25) is 4.79 Å². The van der Waals surface area contributed by atoms with E-state index in [4.69, 9.17) is 4.74 Å². The lowest BCUT2D eigenvalue weighted by Crippen LogP contribution is -2.42. The maximum Gasteiger partial charge on any atom is 0.260 e. The van der Waals surface area contributed by atoms with E-state index >= 15 is 0 Å². The van der Waals surface area contributed by atoms with Crippen molar-refractivity contribution >= 4 is 21.8 Å². The van der Waals surface area contributed by atoms with Gasteiger partial charge in [0.05, 0.1) is 0 Å². The molecule has 1 amide bonds. The van der Waals surface area contributed by atoms with Crippen LogP contribution in [0.5, 0.6) is 5.75 Å². The predicted octanol–water partition coefficient (Wildman–Crippen LogP) is 1.94. The number of nitrogens with one attached hydrogen (secondary N) is 2. The van der Waals surface area contributed by atoms with Crippen LogP contribution in [-0.2, 0) is 4.79 Å². The van der Waals surface area contributed by atoms with Gasteiger partial charge in [0.15, 0.2) is 6.10 Å². The summed E-state index contributed by atoms with van der Waals surface area (Å²) in [5.41, 5.74) is 0. The number of amides is 1. The minimum atomic E-state index is -0.511. The van der Waals surface area contributed by atoms with Crippen molar-refractivity contribution in [2.24, 2.45) is 0 Å². The van der Waals surface area contributed by atoms with Crippen molar-refractivity contribution in [3.8, 4) is 5.75 Å². The first-order chi connectivity index (χ1) is 8.52. The zero-order chi connectivity index (χ0) is 13.5. The Hall–Kier alpha value is -1.07. The average Bonchev–Trinajstić information content (AvgIpc) is 2.35. The van der Waals surface area contributed by atoms with E-state index in [1.807, 2.05) is 38.2 Å². The van der Waals surface area contributed by atoms with E-state index in [2.05, 4.69) is 26.6 Å². The molecule has 5 heteroatoms. The number of carbonyl (C=O) groups excluding carboxylic acids is 1. The molecule has 18 heavy (non-hydrogen) atoms. The molecule has 0 aromatic heterocycles. The second kappa shape index (κ2) is 7.38. The number of carbonyl (C=O) groups is 1. The fraction of sp³-hybridized carbons (Fsp3) is 0.462. The lowest BCUT2D eigenvalue weighted by atomic mass is 10.3. The highest BCUT2D eigenvalue weighted by atomic mass is 79.9. The third-order valence-corrected chi connectivity index (χ3v) is 3.05. The fourth-order valence-electron chi connectivity index (χ4n) is 1.30. The summed E-state index contributed by atoms with van der Waals surface area (Å²) in [6.45, 7) is 4.32. The van der Waals surface area contributed by atoms with Gasteiger partial charge in [-0.05, 0) is 39.1 Å². The second-order valence-electron chi connectivity index (χ2n) is 4.15. The summed E-state index contributed by atoms with van der Waals surface area (Å²) >= 11 is 3.36. The van der Waals surface area contributed by atoms with Crippen LogP contribution < -0.4 is 15.4 Å². The van der Waals surface area contributed by atoms with Gasteiger partial charge in [0.25, 0.3) is 5.91 Å². The van der Waals surface area contributed by atoms with E-state index < -0.39 is 6.10 Å². The van der Waals surface area contributed by atoms with Crippen molar-refractivity contribution in [3.63, 3.8) is 0 Å². The van der Waals surface area contributed by atoms with Crippen molar-refractivity contribution in [1.29, 1.82) is 0 Å². The number of hydrogen-bond acceptors (Lipinski definition) is 3. The largest absolute Gasteiger partial charge is 0.481 e. The molecular formula is C13H19BrN2O2. The molecule has 2 unspecified atom stereocenters. The zero-order valence-corrected chi connectivity index (χ0v) is 12.5. The Morgan fingerprint density at radius 2 is 2.17 bits per heavy atom. The SMILES string of the molecule is CNC(C)CNC(=O)C(C)Oc1cccc(Br)c1. The number of rotatable bonds is 6. The van der Waals surface area contributed by atoms with E-state index in [-0.39, 0.29) is 11.9 Å². The van der Waals surface area contributed by atoms with Crippen LogP contribution >= 0.6 is 15.9 Å². The van der Waals surface area contributed by atoms with Gasteiger partial charge in [-0.1, -0.05) is 22.0 Å². The number of ether oxygens (including phenoxy) is 1. The van der Waals surface area contributed by atoms with E-state index in [1.54, 1.807) is 6.92 Å². The maximum absolute atomic E-state index is 11.8. The highest BCUT2D eigenvalue weighted by Gasteiger charge is 2.14. The van der Waals surface area contributed by atoms with Gasteiger partial charge >= 0.3 is 0 Å². The van der Waals surface area contributed by atoms with Crippen molar-refractivity contribution < 1.29 is 9.53 Å². The van der Waals surface area contributed by atoms with Crippen molar-refractivity contribution in [3.05, 3.63) is 28.7 Å². The summed E-state index contributed by atoms with van der Waals surface area (Å²) < 4.78 is 6.49. The zero-order valence-electron chi connectivity index (χ0n) is 10.9. The summed E-state index contributed by atoms with van der Waals surface area (Å²) in [6.07, 6.45) is -0.511. The topological polar surface area (TPSA) is 50.4 Å². The summed E-state index contributed by atoms with van der Waals surface area (Å²) in [5, 5.41) is 5.88. The van der Waals surface area contributed by atoms with Gasteiger partial charge in [-0.2, -0.15) is 0 Å². The molecule has 0 saturated carbocycles. The van der Waals surface area contributed by atoms with Gasteiger partial charge in [0.1, 0.15) is 5.75 Å². The molecule has 2 N–H and O–H groups in total. The number of benzene rings is 1. The van der Waals surface area contributed by atoms with Gasteiger partial charge in [-0.25, -0.2) is 0 Å². The van der Waals surface area contributed by atoms with Crippen molar-refractivity contribution in [1.82, 2.24) is 10.6 Å². The van der Waals surface area contributed by atoms with Crippen LogP contribution in [0.1, 0.15) is 13.8 Å². The molecule has 2 atom stereocenters. The molecule has 0 fully saturated rings. The molecule has 1 rings (SSSR count). The van der Waals surface area contributed by atoms with Crippen LogP contribution in [0.2, 0.25) is 0 Å². The van der Waals surface area contributed by atoms with Crippen molar-refractivity contribution in [2.75, 3.05) is 13.6 Å². The first-order valence-corrected chi connectivity index (χ1v) is 6.69. The van der Waals surface area contributed by atoms with E-state index in [0.29, 0.717) is 12.3 Å². The molecular weight excluding hydrogens is 296 g/mol. The van der Waals surface area contributed by atoms with E-state index in [0.717, 1.165) is 4.47 Å². The minimum absolute atomic E-state index is 0.114. The standard InChI is InChI=1S/C13H19BrN2O2/c1-9(15-3)8-16-13(17)10(2)18-12-6-4-5-11(14)7-12/h4-7,9-10,15H,8H2,1-3H3,(H,16,17). The molecule has 4 nitrogen and oxygen atoms in total. The summed E-state index contributed by atoms with van der Waals surface area (Å²) in [4.78, 5) is 11.8. The molecule has 0 aliphatic heterocycles. The van der Waals surface area contributed by atoms with E-state index in [1.165, 1.54) is 0 Å². The van der Waals surface area contributed by atoms with Crippen LogP contribution in [0.4, 0.5) is 0 Å². The van der Waals surface area contributed by atoms with Crippen molar-refractivity contribution in [2.45, 2.75) is 26.0 Å². The molecule has 0 bridgehead atoms. The molecule has 0 radical (unpaired) electrons. The smallest absolute Gasteiger partial charge is 0.260 e. The van der Waals surface area contributed by atoms with Crippen LogP contribution in [0, 0.1) is 0 Å². The third-order valence-electron chi connectivity index (χ3n) is 2.55. The quantitative estimate of drug-likeness (QED) is 0.843. The number of halogens is 1. The van der Waals surface area contributed by atoms with Crippen LogP contribution in [0.25, 0.3) is 0 Å². The third kappa shape index (κ3) is 5.06. The first kappa shape index (κ1) is 15.0. The highest BCUT2D eigenvalue weighted by molar-refractivity contribution is 9.10. The molecule has 0 heterocycles. The first-order valence-electron chi connectivity index (χ1n) is 5.90. The average molecular weight is 315 g/mol. The molecule has 0 aliphatic carbocycles. The van der Waals surface area contributed by atoms with E-state index in [9.17, 15) is 4.79 Å². The number of likely N-dealkylation sites (N-methyl/N-ethyl adjacent to an activating group) is 1. The predicted molar refractivity (Wildman–Crippen MR) is 75.8 cm³/mol. The molecule has 1 aromatic carbocycles.